The number of amides is 1. The second-order valence-corrected chi connectivity index (χ2v) is 8.29. The molecular weight excluding hydrogens is 314 g/mol. The predicted octanol–water partition coefficient (Wildman–Crippen LogP) is 3.54. The minimum absolute atomic E-state index is 0.000456. The molecule has 4 nitrogen and oxygen atoms in total. The average molecular weight is 345 g/mol. The molecule has 2 atom stereocenters. The Balaban J connectivity index is 1.60. The smallest absolute Gasteiger partial charge is 0.222 e. The summed E-state index contributed by atoms with van der Waals surface area (Å²) >= 11 is 0. The molecule has 0 unspecified atom stereocenters. The van der Waals surface area contributed by atoms with E-state index in [9.17, 15) is 4.79 Å². The number of hydrogen-bond acceptors (Lipinski definition) is 3. The standard InChI is InChI=1S/C21H31NO3/c1-17-14-22(15-21(25-17)11-7-13-24-16-21)19(23)10-12-20(2,3)18-8-5-4-6-9-18/h4-6,8-9,17H,7,10-16H2,1-3H3/t17-,21-/m0/s1. The van der Waals surface area contributed by atoms with E-state index in [0.29, 0.717) is 26.1 Å². The molecule has 1 aromatic carbocycles. The highest BCUT2D eigenvalue weighted by atomic mass is 16.6. The lowest BCUT2D eigenvalue weighted by atomic mass is 9.80. The van der Waals surface area contributed by atoms with Gasteiger partial charge >= 0.3 is 0 Å². The maximum atomic E-state index is 12.9. The SMILES string of the molecule is C[C@H]1CN(C(=O)CCC(C)(C)c2ccccc2)C[C@]2(CCCOC2)O1. The molecule has 0 aromatic heterocycles. The second kappa shape index (κ2) is 7.46. The van der Waals surface area contributed by atoms with Crippen molar-refractivity contribution in [1.29, 1.82) is 0 Å². The Morgan fingerprint density at radius 3 is 2.76 bits per heavy atom. The van der Waals surface area contributed by atoms with E-state index in [1.54, 1.807) is 0 Å². The maximum Gasteiger partial charge on any atom is 0.222 e. The number of carbonyl (C=O) groups is 1. The molecule has 2 fully saturated rings. The topological polar surface area (TPSA) is 38.8 Å². The van der Waals surface area contributed by atoms with Crippen molar-refractivity contribution < 1.29 is 14.3 Å². The van der Waals surface area contributed by atoms with Gasteiger partial charge in [-0.3, -0.25) is 4.79 Å². The van der Waals surface area contributed by atoms with Gasteiger partial charge < -0.3 is 14.4 Å². The van der Waals surface area contributed by atoms with Gasteiger partial charge in [0.05, 0.1) is 19.3 Å². The Kier molecular flexibility index (Phi) is 5.49. The van der Waals surface area contributed by atoms with Crippen LogP contribution in [0.5, 0.6) is 0 Å². The highest BCUT2D eigenvalue weighted by Gasteiger charge is 2.42. The summed E-state index contributed by atoms with van der Waals surface area (Å²) in [4.78, 5) is 14.9. The third kappa shape index (κ3) is 4.42. The molecule has 2 aliphatic rings. The van der Waals surface area contributed by atoms with Crippen LogP contribution < -0.4 is 0 Å². The Hall–Kier alpha value is -1.39. The summed E-state index contributed by atoms with van der Waals surface area (Å²) < 4.78 is 11.8. The van der Waals surface area contributed by atoms with Crippen molar-refractivity contribution in [1.82, 2.24) is 4.90 Å². The Morgan fingerprint density at radius 2 is 2.08 bits per heavy atom. The molecular formula is C21H31NO3. The van der Waals surface area contributed by atoms with E-state index in [2.05, 4.69) is 45.0 Å². The van der Waals surface area contributed by atoms with Crippen LogP contribution in [0.15, 0.2) is 30.3 Å². The van der Waals surface area contributed by atoms with E-state index >= 15 is 0 Å². The fraction of sp³-hybridized carbons (Fsp3) is 0.667. The molecule has 0 radical (unpaired) electrons. The van der Waals surface area contributed by atoms with Crippen molar-refractivity contribution in [3.05, 3.63) is 35.9 Å². The molecule has 0 saturated carbocycles. The first-order valence-corrected chi connectivity index (χ1v) is 9.49. The van der Waals surface area contributed by atoms with Crippen molar-refractivity contribution in [3.63, 3.8) is 0 Å². The molecule has 0 N–H and O–H groups in total. The molecule has 0 aliphatic carbocycles. The first-order chi connectivity index (χ1) is 11.9. The third-order valence-corrected chi connectivity index (χ3v) is 5.57. The lowest BCUT2D eigenvalue weighted by Gasteiger charge is -2.47. The summed E-state index contributed by atoms with van der Waals surface area (Å²) in [6, 6.07) is 10.5. The number of ether oxygens (including phenoxy) is 2. The zero-order valence-corrected chi connectivity index (χ0v) is 15.8. The van der Waals surface area contributed by atoms with Gasteiger partial charge in [0, 0.05) is 19.6 Å². The van der Waals surface area contributed by atoms with E-state index in [-0.39, 0.29) is 23.0 Å². The quantitative estimate of drug-likeness (QED) is 0.838. The second-order valence-electron chi connectivity index (χ2n) is 8.29. The van der Waals surface area contributed by atoms with E-state index < -0.39 is 0 Å². The van der Waals surface area contributed by atoms with Crippen molar-refractivity contribution in [2.75, 3.05) is 26.3 Å². The first kappa shape index (κ1) is 18.4. The molecule has 1 aromatic rings. The zero-order valence-electron chi connectivity index (χ0n) is 15.8. The normalized spacial score (nSPS) is 27.5. The van der Waals surface area contributed by atoms with Crippen molar-refractivity contribution in [3.8, 4) is 0 Å². The summed E-state index contributed by atoms with van der Waals surface area (Å²) in [5, 5.41) is 0. The molecule has 2 saturated heterocycles. The van der Waals surface area contributed by atoms with Gasteiger partial charge in [0.25, 0.3) is 0 Å². The number of rotatable bonds is 4. The van der Waals surface area contributed by atoms with Crippen LogP contribution in [0.1, 0.15) is 52.0 Å². The van der Waals surface area contributed by atoms with Crippen LogP contribution in [-0.2, 0) is 19.7 Å². The van der Waals surface area contributed by atoms with Crippen molar-refractivity contribution >= 4 is 5.91 Å². The molecule has 2 aliphatic heterocycles. The lowest BCUT2D eigenvalue weighted by molar-refractivity contribution is -0.199. The molecule has 2 heterocycles. The monoisotopic (exact) mass is 345 g/mol. The van der Waals surface area contributed by atoms with Crippen LogP contribution in [0.25, 0.3) is 0 Å². The highest BCUT2D eigenvalue weighted by molar-refractivity contribution is 5.76. The number of hydrogen-bond donors (Lipinski definition) is 0. The van der Waals surface area contributed by atoms with Gasteiger partial charge in [-0.1, -0.05) is 44.2 Å². The summed E-state index contributed by atoms with van der Waals surface area (Å²) in [5.74, 6) is 0.240. The van der Waals surface area contributed by atoms with Crippen LogP contribution in [-0.4, -0.2) is 48.8 Å². The largest absolute Gasteiger partial charge is 0.378 e. The lowest BCUT2D eigenvalue weighted by Crippen LogP contribution is -2.59. The van der Waals surface area contributed by atoms with Gasteiger partial charge in [0.1, 0.15) is 5.60 Å². The average Bonchev–Trinajstić information content (AvgIpc) is 2.60. The Bertz CT molecular complexity index is 578. The third-order valence-electron chi connectivity index (χ3n) is 5.57. The molecule has 0 bridgehead atoms. The molecule has 3 rings (SSSR count). The number of benzene rings is 1. The summed E-state index contributed by atoms with van der Waals surface area (Å²) in [7, 11) is 0. The Labute approximate surface area is 151 Å². The molecule has 25 heavy (non-hydrogen) atoms. The minimum atomic E-state index is -0.291. The van der Waals surface area contributed by atoms with Gasteiger partial charge in [-0.15, -0.1) is 0 Å². The number of carbonyl (C=O) groups excluding carboxylic acids is 1. The van der Waals surface area contributed by atoms with E-state index in [1.807, 2.05) is 11.0 Å². The van der Waals surface area contributed by atoms with Crippen LogP contribution >= 0.6 is 0 Å². The predicted molar refractivity (Wildman–Crippen MR) is 98.6 cm³/mol. The molecule has 4 heteroatoms. The highest BCUT2D eigenvalue weighted by Crippen LogP contribution is 2.32. The molecule has 1 amide bonds. The number of nitrogens with zero attached hydrogens (tertiary/aromatic N) is 1. The first-order valence-electron chi connectivity index (χ1n) is 9.49. The molecule has 138 valence electrons. The van der Waals surface area contributed by atoms with Crippen LogP contribution in [0, 0.1) is 0 Å². The van der Waals surface area contributed by atoms with Crippen LogP contribution in [0.4, 0.5) is 0 Å². The van der Waals surface area contributed by atoms with Gasteiger partial charge in [-0.25, -0.2) is 0 Å². The maximum absolute atomic E-state index is 12.9. The zero-order chi connectivity index (χ0) is 17.9. The summed E-state index contributed by atoms with van der Waals surface area (Å²) in [6.07, 6.45) is 3.49. The minimum Gasteiger partial charge on any atom is -0.378 e. The summed E-state index contributed by atoms with van der Waals surface area (Å²) in [6.45, 7) is 9.26. The van der Waals surface area contributed by atoms with Crippen LogP contribution in [0.2, 0.25) is 0 Å². The van der Waals surface area contributed by atoms with Crippen molar-refractivity contribution in [2.45, 2.75) is 63.6 Å². The van der Waals surface area contributed by atoms with Gasteiger partial charge in [-0.05, 0) is 37.2 Å². The van der Waals surface area contributed by atoms with E-state index in [0.717, 1.165) is 25.9 Å². The molecule has 1 spiro atoms. The van der Waals surface area contributed by atoms with Gasteiger partial charge in [-0.2, -0.15) is 0 Å². The summed E-state index contributed by atoms with van der Waals surface area (Å²) in [5.41, 5.74) is 0.997. The fourth-order valence-electron chi connectivity index (χ4n) is 4.07. The van der Waals surface area contributed by atoms with Crippen molar-refractivity contribution in [2.24, 2.45) is 0 Å². The number of morpholine rings is 1. The van der Waals surface area contributed by atoms with E-state index in [1.165, 1.54) is 5.56 Å². The van der Waals surface area contributed by atoms with Gasteiger partial charge in [0.15, 0.2) is 0 Å². The van der Waals surface area contributed by atoms with Crippen LogP contribution in [0.3, 0.4) is 0 Å². The van der Waals surface area contributed by atoms with Gasteiger partial charge in [0.2, 0.25) is 5.91 Å². The Morgan fingerprint density at radius 1 is 1.32 bits per heavy atom. The van der Waals surface area contributed by atoms with E-state index in [4.69, 9.17) is 9.47 Å². The fourth-order valence-corrected chi connectivity index (χ4v) is 4.07.